The summed E-state index contributed by atoms with van der Waals surface area (Å²) in [6.45, 7) is 1.27. The molecular formula is C15H20N2O3S. The van der Waals surface area contributed by atoms with Crippen LogP contribution < -0.4 is 5.32 Å². The van der Waals surface area contributed by atoms with Crippen molar-refractivity contribution in [1.82, 2.24) is 10.2 Å². The second kappa shape index (κ2) is 7.47. The largest absolute Gasteiger partial charge is 0.480 e. The summed E-state index contributed by atoms with van der Waals surface area (Å²) in [5, 5.41) is 12.4. The van der Waals surface area contributed by atoms with Gasteiger partial charge in [0.05, 0.1) is 0 Å². The summed E-state index contributed by atoms with van der Waals surface area (Å²) >= 11 is 1.58. The summed E-state index contributed by atoms with van der Waals surface area (Å²) in [6.07, 6.45) is 0.749. The first-order valence-electron chi connectivity index (χ1n) is 6.99. The lowest BCUT2D eigenvalue weighted by Crippen LogP contribution is -2.50. The summed E-state index contributed by atoms with van der Waals surface area (Å²) < 4.78 is 0. The highest BCUT2D eigenvalue weighted by molar-refractivity contribution is 7.99. The smallest absolute Gasteiger partial charge is 0.327 e. The lowest BCUT2D eigenvalue weighted by molar-refractivity contribution is -0.141. The fourth-order valence-corrected chi connectivity index (χ4v) is 3.45. The Morgan fingerprint density at radius 2 is 2.19 bits per heavy atom. The lowest BCUT2D eigenvalue weighted by Gasteiger charge is -2.33. The van der Waals surface area contributed by atoms with Gasteiger partial charge in [0.2, 0.25) is 0 Å². The van der Waals surface area contributed by atoms with Crippen LogP contribution >= 0.6 is 11.8 Å². The summed E-state index contributed by atoms with van der Waals surface area (Å²) in [6, 6.07) is 6.72. The number of rotatable bonds is 5. The lowest BCUT2D eigenvalue weighted by atomic mass is 10.0. The van der Waals surface area contributed by atoms with Crippen LogP contribution in [0.25, 0.3) is 0 Å². The van der Waals surface area contributed by atoms with E-state index in [1.165, 1.54) is 4.90 Å². The standard InChI is InChI=1S/C15H20N2O3S/c1-16-7-6-11-4-2-3-5-12(11)14(18)17-8-9-21-10-13(17)15(19)20/h2-5,13,16H,6-10H2,1H3,(H,19,20). The maximum atomic E-state index is 12.7. The molecule has 1 aromatic carbocycles. The number of thioether (sulfide) groups is 1. The zero-order valence-corrected chi connectivity index (χ0v) is 12.9. The topological polar surface area (TPSA) is 69.6 Å². The Morgan fingerprint density at radius 1 is 1.43 bits per heavy atom. The van der Waals surface area contributed by atoms with Crippen LogP contribution in [0.3, 0.4) is 0 Å². The minimum Gasteiger partial charge on any atom is -0.480 e. The number of carboxylic acids is 1. The molecule has 0 aliphatic carbocycles. The van der Waals surface area contributed by atoms with E-state index in [2.05, 4.69) is 5.32 Å². The Kier molecular flexibility index (Phi) is 5.64. The summed E-state index contributed by atoms with van der Waals surface area (Å²) in [4.78, 5) is 25.6. The van der Waals surface area contributed by atoms with Crippen LogP contribution in [0.1, 0.15) is 15.9 Å². The van der Waals surface area contributed by atoms with Crippen LogP contribution in [0.5, 0.6) is 0 Å². The van der Waals surface area contributed by atoms with Gasteiger partial charge in [0, 0.05) is 23.6 Å². The van der Waals surface area contributed by atoms with Crippen LogP contribution in [0, 0.1) is 0 Å². The zero-order valence-electron chi connectivity index (χ0n) is 12.0. The van der Waals surface area contributed by atoms with Crippen molar-refractivity contribution >= 4 is 23.6 Å². The van der Waals surface area contributed by atoms with E-state index in [4.69, 9.17) is 0 Å². The molecule has 1 aromatic rings. The number of nitrogens with zero attached hydrogens (tertiary/aromatic N) is 1. The number of likely N-dealkylation sites (N-methyl/N-ethyl adjacent to an activating group) is 1. The molecule has 1 fully saturated rings. The highest BCUT2D eigenvalue weighted by Gasteiger charge is 2.33. The molecule has 0 aromatic heterocycles. The van der Waals surface area contributed by atoms with Crippen LogP contribution in [-0.2, 0) is 11.2 Å². The quantitative estimate of drug-likeness (QED) is 0.852. The number of carbonyl (C=O) groups excluding carboxylic acids is 1. The van der Waals surface area contributed by atoms with Crippen molar-refractivity contribution in [1.29, 1.82) is 0 Å². The molecule has 1 atom stereocenters. The molecule has 1 aliphatic heterocycles. The van der Waals surface area contributed by atoms with Gasteiger partial charge in [0.25, 0.3) is 5.91 Å². The first kappa shape index (κ1) is 15.9. The molecule has 0 spiro atoms. The molecule has 2 rings (SSSR count). The molecular weight excluding hydrogens is 288 g/mol. The summed E-state index contributed by atoms with van der Waals surface area (Å²) in [7, 11) is 1.87. The molecule has 1 amide bonds. The van der Waals surface area contributed by atoms with E-state index in [-0.39, 0.29) is 5.91 Å². The van der Waals surface area contributed by atoms with E-state index in [9.17, 15) is 14.7 Å². The summed E-state index contributed by atoms with van der Waals surface area (Å²) in [5.41, 5.74) is 1.57. The second-order valence-electron chi connectivity index (χ2n) is 4.94. The average Bonchev–Trinajstić information content (AvgIpc) is 2.52. The molecule has 21 heavy (non-hydrogen) atoms. The first-order chi connectivity index (χ1) is 10.1. The number of benzene rings is 1. The van der Waals surface area contributed by atoms with Crippen molar-refractivity contribution in [2.45, 2.75) is 12.5 Å². The van der Waals surface area contributed by atoms with Crippen molar-refractivity contribution in [2.75, 3.05) is 31.6 Å². The normalized spacial score (nSPS) is 18.5. The number of hydrogen-bond donors (Lipinski definition) is 2. The minimum absolute atomic E-state index is 0.172. The molecule has 5 nitrogen and oxygen atoms in total. The molecule has 1 heterocycles. The van der Waals surface area contributed by atoms with E-state index in [0.717, 1.165) is 24.3 Å². The van der Waals surface area contributed by atoms with Gasteiger partial charge in [-0.3, -0.25) is 4.79 Å². The van der Waals surface area contributed by atoms with Gasteiger partial charge in [0.15, 0.2) is 0 Å². The fourth-order valence-electron chi connectivity index (χ4n) is 2.41. The van der Waals surface area contributed by atoms with Gasteiger partial charge >= 0.3 is 5.97 Å². The SMILES string of the molecule is CNCCc1ccccc1C(=O)N1CCSCC1C(=O)O. The van der Waals surface area contributed by atoms with Crippen LogP contribution in [0.4, 0.5) is 0 Å². The van der Waals surface area contributed by atoms with E-state index in [1.54, 1.807) is 17.8 Å². The highest BCUT2D eigenvalue weighted by atomic mass is 32.2. The van der Waals surface area contributed by atoms with Gasteiger partial charge in [-0.15, -0.1) is 0 Å². The Morgan fingerprint density at radius 3 is 2.90 bits per heavy atom. The molecule has 1 aliphatic rings. The third-order valence-corrected chi connectivity index (χ3v) is 4.59. The Bertz CT molecular complexity index is 521. The monoisotopic (exact) mass is 308 g/mol. The number of hydrogen-bond acceptors (Lipinski definition) is 4. The summed E-state index contributed by atoms with van der Waals surface area (Å²) in [5.74, 6) is 0.145. The third kappa shape index (κ3) is 3.77. The second-order valence-corrected chi connectivity index (χ2v) is 6.09. The molecule has 0 saturated carbocycles. The molecule has 0 bridgehead atoms. The maximum absolute atomic E-state index is 12.7. The van der Waals surface area contributed by atoms with Crippen LogP contribution in [0.15, 0.2) is 24.3 Å². The van der Waals surface area contributed by atoms with E-state index >= 15 is 0 Å². The number of carboxylic acid groups (broad SMARTS) is 1. The molecule has 0 radical (unpaired) electrons. The first-order valence-corrected chi connectivity index (χ1v) is 8.14. The minimum atomic E-state index is -0.928. The zero-order chi connectivity index (χ0) is 15.2. The molecule has 1 unspecified atom stereocenters. The van der Waals surface area contributed by atoms with Crippen molar-refractivity contribution in [3.05, 3.63) is 35.4 Å². The van der Waals surface area contributed by atoms with Crippen LogP contribution in [0.2, 0.25) is 0 Å². The fraction of sp³-hybridized carbons (Fsp3) is 0.467. The molecule has 114 valence electrons. The van der Waals surface area contributed by atoms with E-state index in [1.807, 2.05) is 25.2 Å². The number of nitrogens with one attached hydrogen (secondary N) is 1. The third-order valence-electron chi connectivity index (χ3n) is 3.57. The van der Waals surface area contributed by atoms with Crippen molar-refractivity contribution in [3.8, 4) is 0 Å². The number of aliphatic carboxylic acids is 1. The van der Waals surface area contributed by atoms with Gasteiger partial charge in [0.1, 0.15) is 6.04 Å². The number of amides is 1. The Hall–Kier alpha value is -1.53. The molecule has 6 heteroatoms. The average molecular weight is 308 g/mol. The van der Waals surface area contributed by atoms with Gasteiger partial charge < -0.3 is 15.3 Å². The van der Waals surface area contributed by atoms with Gasteiger partial charge in [-0.25, -0.2) is 4.79 Å². The van der Waals surface area contributed by atoms with E-state index in [0.29, 0.717) is 17.9 Å². The van der Waals surface area contributed by atoms with Crippen molar-refractivity contribution < 1.29 is 14.7 Å². The molecule has 2 N–H and O–H groups in total. The number of carbonyl (C=O) groups is 2. The predicted molar refractivity (Wildman–Crippen MR) is 83.9 cm³/mol. The van der Waals surface area contributed by atoms with Crippen molar-refractivity contribution in [3.63, 3.8) is 0 Å². The Balaban J connectivity index is 2.24. The van der Waals surface area contributed by atoms with Crippen molar-refractivity contribution in [2.24, 2.45) is 0 Å². The maximum Gasteiger partial charge on any atom is 0.327 e. The van der Waals surface area contributed by atoms with Gasteiger partial charge in [-0.2, -0.15) is 11.8 Å². The van der Waals surface area contributed by atoms with Gasteiger partial charge in [-0.1, -0.05) is 18.2 Å². The Labute approximate surface area is 128 Å². The van der Waals surface area contributed by atoms with Gasteiger partial charge in [-0.05, 0) is 31.6 Å². The predicted octanol–water partition coefficient (Wildman–Crippen LogP) is 1.09. The van der Waals surface area contributed by atoms with E-state index < -0.39 is 12.0 Å². The molecule has 1 saturated heterocycles. The highest BCUT2D eigenvalue weighted by Crippen LogP contribution is 2.21. The van der Waals surface area contributed by atoms with Crippen LogP contribution in [-0.4, -0.2) is 59.6 Å².